The van der Waals surface area contributed by atoms with E-state index in [0.717, 1.165) is 10.9 Å². The van der Waals surface area contributed by atoms with Gasteiger partial charge in [-0.2, -0.15) is 0 Å². The molecule has 22 heavy (non-hydrogen) atoms. The lowest BCUT2D eigenvalue weighted by Gasteiger charge is -2.06. The van der Waals surface area contributed by atoms with Crippen molar-refractivity contribution in [3.05, 3.63) is 64.8 Å². The minimum absolute atomic E-state index is 0.0854. The Balaban J connectivity index is 1.72. The summed E-state index contributed by atoms with van der Waals surface area (Å²) in [6.45, 7) is 0. The summed E-state index contributed by atoms with van der Waals surface area (Å²) in [5, 5.41) is 11.3. The van der Waals surface area contributed by atoms with Crippen LogP contribution < -0.4 is 9.47 Å². The highest BCUT2D eigenvalue weighted by Crippen LogP contribution is 2.25. The number of nitrogens with zero attached hydrogens (tertiary/aromatic N) is 1. The second-order valence-electron chi connectivity index (χ2n) is 4.40. The van der Waals surface area contributed by atoms with Crippen molar-refractivity contribution in [3.63, 3.8) is 0 Å². The standard InChI is InChI=1S/C15H10N2O5/c18-15(21-11-6-4-10(5-7-11)17(19)20)22-14-3-1-2-13-12(14)8-9-16-13/h1-9,16H. The summed E-state index contributed by atoms with van der Waals surface area (Å²) in [7, 11) is 0. The number of nitrogens with one attached hydrogen (secondary N) is 1. The van der Waals surface area contributed by atoms with Gasteiger partial charge in [0.2, 0.25) is 0 Å². The Morgan fingerprint density at radius 1 is 1.05 bits per heavy atom. The fourth-order valence-corrected chi connectivity index (χ4v) is 1.99. The van der Waals surface area contributed by atoms with Crippen molar-refractivity contribution in [2.24, 2.45) is 0 Å². The summed E-state index contributed by atoms with van der Waals surface area (Å²) in [6.07, 6.45) is 0.821. The summed E-state index contributed by atoms with van der Waals surface area (Å²) in [5.41, 5.74) is 0.749. The van der Waals surface area contributed by atoms with Crippen molar-refractivity contribution < 1.29 is 19.2 Å². The first-order valence-corrected chi connectivity index (χ1v) is 6.34. The number of carbonyl (C=O) groups is 1. The number of non-ortho nitro benzene ring substituents is 1. The van der Waals surface area contributed by atoms with Crippen molar-refractivity contribution in [2.75, 3.05) is 0 Å². The second-order valence-corrected chi connectivity index (χ2v) is 4.40. The van der Waals surface area contributed by atoms with Gasteiger partial charge in [0.15, 0.2) is 0 Å². The summed E-state index contributed by atoms with van der Waals surface area (Å²) in [4.78, 5) is 24.8. The highest BCUT2D eigenvalue weighted by Gasteiger charge is 2.12. The van der Waals surface area contributed by atoms with Crippen LogP contribution in [0.4, 0.5) is 10.5 Å². The molecule has 0 saturated heterocycles. The first-order valence-electron chi connectivity index (χ1n) is 6.34. The Labute approximate surface area is 124 Å². The Kier molecular flexibility index (Phi) is 3.45. The Bertz CT molecular complexity index is 839. The summed E-state index contributed by atoms with van der Waals surface area (Å²) in [6, 6.07) is 12.2. The van der Waals surface area contributed by atoms with Crippen molar-refractivity contribution in [1.82, 2.24) is 4.98 Å². The Morgan fingerprint density at radius 2 is 1.82 bits per heavy atom. The molecule has 1 heterocycles. The molecule has 0 aliphatic heterocycles. The molecule has 0 fully saturated rings. The van der Waals surface area contributed by atoms with Gasteiger partial charge < -0.3 is 14.5 Å². The number of rotatable bonds is 3. The average Bonchev–Trinajstić information content (AvgIpc) is 2.97. The predicted octanol–water partition coefficient (Wildman–Crippen LogP) is 3.65. The number of fused-ring (bicyclic) bond motifs is 1. The maximum Gasteiger partial charge on any atom is 0.519 e. The van der Waals surface area contributed by atoms with Gasteiger partial charge in [-0.1, -0.05) is 6.07 Å². The Hall–Kier alpha value is -3.35. The number of hydrogen-bond acceptors (Lipinski definition) is 5. The van der Waals surface area contributed by atoms with E-state index in [2.05, 4.69) is 4.98 Å². The molecule has 3 aromatic rings. The normalized spacial score (nSPS) is 10.4. The van der Waals surface area contributed by atoms with Crippen molar-refractivity contribution >= 4 is 22.7 Å². The minimum Gasteiger partial charge on any atom is -0.395 e. The molecule has 1 N–H and O–H groups in total. The van der Waals surface area contributed by atoms with Crippen molar-refractivity contribution in [2.45, 2.75) is 0 Å². The minimum atomic E-state index is -0.914. The molecule has 0 saturated carbocycles. The van der Waals surface area contributed by atoms with Crippen molar-refractivity contribution in [1.29, 1.82) is 0 Å². The quantitative estimate of drug-likeness (QED) is 0.344. The highest BCUT2D eigenvalue weighted by molar-refractivity contribution is 5.87. The maximum atomic E-state index is 11.8. The lowest BCUT2D eigenvalue weighted by molar-refractivity contribution is -0.384. The molecule has 0 bridgehead atoms. The predicted molar refractivity (Wildman–Crippen MR) is 78.0 cm³/mol. The molecule has 0 unspecified atom stereocenters. The van der Waals surface area contributed by atoms with Crippen LogP contribution in [-0.2, 0) is 0 Å². The number of aromatic nitrogens is 1. The van der Waals surface area contributed by atoms with Crippen LogP contribution >= 0.6 is 0 Å². The fraction of sp³-hybridized carbons (Fsp3) is 0. The first-order chi connectivity index (χ1) is 10.6. The number of carbonyl (C=O) groups excluding carboxylic acids is 1. The molecular weight excluding hydrogens is 288 g/mol. The van der Waals surface area contributed by atoms with Gasteiger partial charge in [-0.3, -0.25) is 10.1 Å². The number of benzene rings is 2. The van der Waals surface area contributed by atoms with Crippen LogP contribution in [0.15, 0.2) is 54.7 Å². The van der Waals surface area contributed by atoms with Gasteiger partial charge in [0.05, 0.1) is 4.92 Å². The molecule has 7 nitrogen and oxygen atoms in total. The van der Waals surface area contributed by atoms with E-state index in [1.165, 1.54) is 24.3 Å². The largest absolute Gasteiger partial charge is 0.519 e. The smallest absolute Gasteiger partial charge is 0.395 e. The molecule has 2 aromatic carbocycles. The van der Waals surface area contributed by atoms with Gasteiger partial charge in [-0.05, 0) is 30.3 Å². The monoisotopic (exact) mass is 298 g/mol. The zero-order valence-corrected chi connectivity index (χ0v) is 11.2. The molecule has 110 valence electrons. The molecule has 0 aliphatic carbocycles. The van der Waals surface area contributed by atoms with Crippen LogP contribution in [0.25, 0.3) is 10.9 Å². The molecule has 0 radical (unpaired) electrons. The maximum absolute atomic E-state index is 11.8. The molecule has 1 aromatic heterocycles. The van der Waals surface area contributed by atoms with Crippen LogP contribution in [-0.4, -0.2) is 16.1 Å². The van der Waals surface area contributed by atoms with Crippen LogP contribution in [0.5, 0.6) is 11.5 Å². The third-order valence-electron chi connectivity index (χ3n) is 3.00. The van der Waals surface area contributed by atoms with E-state index in [1.807, 2.05) is 6.07 Å². The molecule has 0 amide bonds. The average molecular weight is 298 g/mol. The van der Waals surface area contributed by atoms with E-state index >= 15 is 0 Å². The second kappa shape index (κ2) is 5.57. The topological polar surface area (TPSA) is 94.5 Å². The van der Waals surface area contributed by atoms with E-state index in [9.17, 15) is 14.9 Å². The van der Waals surface area contributed by atoms with E-state index < -0.39 is 11.1 Å². The highest BCUT2D eigenvalue weighted by atomic mass is 16.7. The van der Waals surface area contributed by atoms with Gasteiger partial charge in [-0.15, -0.1) is 0 Å². The van der Waals surface area contributed by atoms with E-state index in [0.29, 0.717) is 5.75 Å². The van der Waals surface area contributed by atoms with Crippen LogP contribution in [0.3, 0.4) is 0 Å². The third kappa shape index (κ3) is 2.73. The van der Waals surface area contributed by atoms with Crippen LogP contribution in [0.2, 0.25) is 0 Å². The van der Waals surface area contributed by atoms with Gasteiger partial charge in [0, 0.05) is 29.2 Å². The van der Waals surface area contributed by atoms with E-state index in [1.54, 1.807) is 24.4 Å². The zero-order valence-electron chi connectivity index (χ0n) is 11.2. The number of nitro groups is 1. The Morgan fingerprint density at radius 3 is 2.55 bits per heavy atom. The van der Waals surface area contributed by atoms with Crippen molar-refractivity contribution in [3.8, 4) is 11.5 Å². The summed E-state index contributed by atoms with van der Waals surface area (Å²) >= 11 is 0. The number of aromatic amines is 1. The third-order valence-corrected chi connectivity index (χ3v) is 3.00. The SMILES string of the molecule is O=C(Oc1ccc([N+](=O)[O-])cc1)Oc1cccc2[nH]ccc12. The number of ether oxygens (including phenoxy) is 2. The number of nitro benzene ring substituents is 1. The van der Waals surface area contributed by atoms with E-state index in [-0.39, 0.29) is 11.4 Å². The molecule has 0 aliphatic rings. The van der Waals surface area contributed by atoms with Gasteiger partial charge in [-0.25, -0.2) is 4.79 Å². The number of hydrogen-bond donors (Lipinski definition) is 1. The first kappa shape index (κ1) is 13.6. The lowest BCUT2D eigenvalue weighted by Crippen LogP contribution is -2.13. The lowest BCUT2D eigenvalue weighted by atomic mass is 10.2. The van der Waals surface area contributed by atoms with Gasteiger partial charge in [0.1, 0.15) is 11.5 Å². The van der Waals surface area contributed by atoms with Crippen LogP contribution in [0.1, 0.15) is 0 Å². The summed E-state index contributed by atoms with van der Waals surface area (Å²) in [5.74, 6) is 0.530. The molecular formula is C15H10N2O5. The molecule has 7 heteroatoms. The molecule has 0 atom stereocenters. The number of H-pyrrole nitrogens is 1. The summed E-state index contributed by atoms with van der Waals surface area (Å²) < 4.78 is 10.1. The van der Waals surface area contributed by atoms with E-state index in [4.69, 9.17) is 9.47 Å². The fourth-order valence-electron chi connectivity index (χ4n) is 1.99. The van der Waals surface area contributed by atoms with Gasteiger partial charge >= 0.3 is 6.16 Å². The van der Waals surface area contributed by atoms with Gasteiger partial charge in [0.25, 0.3) is 5.69 Å². The molecule has 3 rings (SSSR count). The molecule has 0 spiro atoms. The zero-order chi connectivity index (χ0) is 15.5. The van der Waals surface area contributed by atoms with Crippen LogP contribution in [0, 0.1) is 10.1 Å².